The number of allylic oxidation sites excluding steroid dienone is 1. The van der Waals surface area contributed by atoms with Crippen LogP contribution in [0.25, 0.3) is 6.08 Å². The summed E-state index contributed by atoms with van der Waals surface area (Å²) in [6.45, 7) is 0.572. The predicted octanol–water partition coefficient (Wildman–Crippen LogP) is 5.57. The monoisotopic (exact) mass is 588 g/mol. The molecule has 3 aromatic rings. The number of nitrogens with zero attached hydrogens (tertiary/aromatic N) is 1. The Balaban J connectivity index is 1.48. The average molecular weight is 589 g/mol. The maximum Gasteiger partial charge on any atom is 0.255 e. The number of halogens is 4. The fraction of sp³-hybridized carbons (Fsp3) is 0.185. The molecule has 0 atom stereocenters. The van der Waals surface area contributed by atoms with Gasteiger partial charge in [-0.1, -0.05) is 12.1 Å². The number of hydrogen-bond donors (Lipinski definition) is 1. The topological polar surface area (TPSA) is 77.1 Å². The quantitative estimate of drug-likeness (QED) is 0.310. The highest BCUT2D eigenvalue weighted by molar-refractivity contribution is 9.10. The Hall–Kier alpha value is -3.99. The number of amides is 1. The number of nitrogens with one attached hydrogen (secondary N) is 1. The minimum absolute atomic E-state index is 0.0539. The molecule has 1 amide bonds. The van der Waals surface area contributed by atoms with Gasteiger partial charge in [0.1, 0.15) is 0 Å². The van der Waals surface area contributed by atoms with Crippen LogP contribution in [0.1, 0.15) is 31.8 Å². The zero-order valence-electron chi connectivity index (χ0n) is 20.2. The molecule has 2 aliphatic rings. The van der Waals surface area contributed by atoms with Gasteiger partial charge in [-0.15, -0.1) is 0 Å². The number of hydrogen-bond acceptors (Lipinski definition) is 6. The van der Waals surface area contributed by atoms with Crippen LogP contribution in [0.15, 0.2) is 46.6 Å². The van der Waals surface area contributed by atoms with Gasteiger partial charge in [0.25, 0.3) is 5.91 Å². The lowest BCUT2D eigenvalue weighted by atomic mass is 10.0. The molecule has 0 spiro atoms. The average Bonchev–Trinajstić information content (AvgIpc) is 3.32. The summed E-state index contributed by atoms with van der Waals surface area (Å²) >= 11 is 3.60. The van der Waals surface area contributed by atoms with Gasteiger partial charge in [-0.3, -0.25) is 9.59 Å². The van der Waals surface area contributed by atoms with E-state index in [-0.39, 0.29) is 23.8 Å². The number of anilines is 1. The summed E-state index contributed by atoms with van der Waals surface area (Å²) in [6, 6.07) is 7.32. The summed E-state index contributed by atoms with van der Waals surface area (Å²) in [5.41, 5.74) is 2.03. The van der Waals surface area contributed by atoms with Gasteiger partial charge in [-0.2, -0.15) is 0 Å². The first kappa shape index (κ1) is 25.7. The standard InChI is InChI=1S/C27H20BrF3N2O5/c1-33-7-6-16-17(24(36-2)26-25(21(16)28)37-12-38-26)11-20(33)23(34)13-4-3-5-15(8-13)32-27(35)14-9-18(29)22(31)19(30)10-14/h3-5,8-11H,6-7,12H2,1-2H3,(H,32,35). The summed E-state index contributed by atoms with van der Waals surface area (Å²) in [5, 5.41) is 2.49. The SMILES string of the molecule is COc1c2c(c(Br)c3c1OCO3)CCN(C)C(C(=O)c1cccc(NC(=O)c3cc(F)c(F)c(F)c3)c1)=C2. The van der Waals surface area contributed by atoms with Crippen LogP contribution < -0.4 is 19.5 Å². The van der Waals surface area contributed by atoms with Gasteiger partial charge in [-0.05, 0) is 58.3 Å². The highest BCUT2D eigenvalue weighted by Crippen LogP contribution is 2.51. The van der Waals surface area contributed by atoms with E-state index in [1.54, 1.807) is 25.3 Å². The minimum Gasteiger partial charge on any atom is -0.492 e. The van der Waals surface area contributed by atoms with Crippen LogP contribution in [0.4, 0.5) is 18.9 Å². The number of likely N-dealkylation sites (N-methyl/N-ethyl adjacent to an activating group) is 1. The lowest BCUT2D eigenvalue weighted by molar-refractivity contribution is 0.0997. The second-order valence-electron chi connectivity index (χ2n) is 8.62. The van der Waals surface area contributed by atoms with Gasteiger partial charge in [0.2, 0.25) is 18.3 Å². The van der Waals surface area contributed by atoms with Crippen molar-refractivity contribution in [3.8, 4) is 17.2 Å². The van der Waals surface area contributed by atoms with Crippen molar-refractivity contribution in [3.63, 3.8) is 0 Å². The molecule has 5 rings (SSSR count). The van der Waals surface area contributed by atoms with Gasteiger partial charge in [0.05, 0.1) is 17.3 Å². The van der Waals surface area contributed by atoms with Crippen molar-refractivity contribution in [2.75, 3.05) is 32.8 Å². The normalized spacial score (nSPS) is 13.9. The van der Waals surface area contributed by atoms with Crippen LogP contribution in [0, 0.1) is 17.5 Å². The van der Waals surface area contributed by atoms with Crippen molar-refractivity contribution in [2.24, 2.45) is 0 Å². The van der Waals surface area contributed by atoms with Crippen LogP contribution in [-0.4, -0.2) is 44.1 Å². The fourth-order valence-electron chi connectivity index (χ4n) is 4.39. The number of rotatable bonds is 5. The molecule has 38 heavy (non-hydrogen) atoms. The molecule has 0 bridgehead atoms. The van der Waals surface area contributed by atoms with E-state index in [0.717, 1.165) is 10.0 Å². The van der Waals surface area contributed by atoms with E-state index in [1.165, 1.54) is 19.2 Å². The van der Waals surface area contributed by atoms with Crippen molar-refractivity contribution in [1.82, 2.24) is 4.90 Å². The van der Waals surface area contributed by atoms with E-state index in [4.69, 9.17) is 14.2 Å². The molecule has 2 aliphatic heterocycles. The first-order chi connectivity index (χ1) is 18.2. The van der Waals surface area contributed by atoms with Crippen LogP contribution >= 0.6 is 15.9 Å². The highest BCUT2D eigenvalue weighted by atomic mass is 79.9. The maximum atomic E-state index is 13.7. The predicted molar refractivity (Wildman–Crippen MR) is 136 cm³/mol. The first-order valence-electron chi connectivity index (χ1n) is 11.4. The van der Waals surface area contributed by atoms with Gasteiger partial charge >= 0.3 is 0 Å². The number of carbonyl (C=O) groups is 2. The minimum atomic E-state index is -1.66. The molecule has 0 saturated heterocycles. The molecule has 0 saturated carbocycles. The summed E-state index contributed by atoms with van der Waals surface area (Å²) in [5.74, 6) is -4.36. The summed E-state index contributed by atoms with van der Waals surface area (Å²) in [6.07, 6.45) is 2.32. The van der Waals surface area contributed by atoms with E-state index >= 15 is 0 Å². The Morgan fingerprint density at radius 3 is 2.47 bits per heavy atom. The lowest BCUT2D eigenvalue weighted by Gasteiger charge is -2.20. The number of carbonyl (C=O) groups excluding carboxylic acids is 2. The second kappa shape index (κ2) is 10.1. The van der Waals surface area contributed by atoms with E-state index in [1.807, 2.05) is 4.90 Å². The Kier molecular flexibility index (Phi) is 6.78. The molecule has 196 valence electrons. The van der Waals surface area contributed by atoms with Crippen molar-refractivity contribution in [1.29, 1.82) is 0 Å². The third-order valence-electron chi connectivity index (χ3n) is 6.31. The molecule has 3 aromatic carbocycles. The molecule has 0 fully saturated rings. The number of fused-ring (bicyclic) bond motifs is 2. The largest absolute Gasteiger partial charge is 0.492 e. The molecule has 7 nitrogen and oxygen atoms in total. The van der Waals surface area contributed by atoms with Crippen molar-refractivity contribution in [3.05, 3.63) is 86.3 Å². The van der Waals surface area contributed by atoms with Gasteiger partial charge < -0.3 is 24.4 Å². The third kappa shape index (κ3) is 4.47. The maximum absolute atomic E-state index is 13.7. The number of ketones is 1. The van der Waals surface area contributed by atoms with E-state index in [0.29, 0.717) is 53.6 Å². The zero-order chi connectivity index (χ0) is 27.1. The van der Waals surface area contributed by atoms with Crippen molar-refractivity contribution >= 4 is 39.4 Å². The fourth-order valence-corrected chi connectivity index (χ4v) is 5.09. The van der Waals surface area contributed by atoms with E-state index in [9.17, 15) is 22.8 Å². The van der Waals surface area contributed by atoms with Gasteiger partial charge in [0, 0.05) is 36.0 Å². The van der Waals surface area contributed by atoms with Crippen LogP contribution in [0.5, 0.6) is 17.2 Å². The Morgan fingerprint density at radius 2 is 1.76 bits per heavy atom. The molecule has 0 aliphatic carbocycles. The van der Waals surface area contributed by atoms with Crippen LogP contribution in [0.2, 0.25) is 0 Å². The lowest BCUT2D eigenvalue weighted by Crippen LogP contribution is -2.24. The van der Waals surface area contributed by atoms with Crippen LogP contribution in [0.3, 0.4) is 0 Å². The molecular weight excluding hydrogens is 569 g/mol. The number of Topliss-reactive ketones (excluding diaryl/α,β-unsaturated/α-hetero) is 1. The van der Waals surface area contributed by atoms with Crippen LogP contribution in [-0.2, 0) is 6.42 Å². The van der Waals surface area contributed by atoms with E-state index in [2.05, 4.69) is 21.2 Å². The van der Waals surface area contributed by atoms with Crippen molar-refractivity contribution in [2.45, 2.75) is 6.42 Å². The smallest absolute Gasteiger partial charge is 0.255 e. The summed E-state index contributed by atoms with van der Waals surface area (Å²) < 4.78 is 58.0. The highest BCUT2D eigenvalue weighted by Gasteiger charge is 2.31. The number of ether oxygens (including phenoxy) is 3. The summed E-state index contributed by atoms with van der Waals surface area (Å²) in [4.78, 5) is 28.0. The van der Waals surface area contributed by atoms with E-state index < -0.39 is 28.9 Å². The number of methoxy groups -OCH3 is 1. The molecule has 0 unspecified atom stereocenters. The Morgan fingerprint density at radius 1 is 1.05 bits per heavy atom. The number of benzene rings is 3. The first-order valence-corrected chi connectivity index (χ1v) is 12.2. The molecule has 1 N–H and O–H groups in total. The molecule has 0 radical (unpaired) electrons. The van der Waals surface area contributed by atoms with Crippen molar-refractivity contribution < 1.29 is 37.0 Å². The summed E-state index contributed by atoms with van der Waals surface area (Å²) in [7, 11) is 3.31. The Bertz CT molecular complexity index is 1500. The molecule has 11 heteroatoms. The zero-order valence-corrected chi connectivity index (χ0v) is 21.7. The molecular formula is C27H20BrF3N2O5. The second-order valence-corrected chi connectivity index (χ2v) is 9.42. The van der Waals surface area contributed by atoms with Gasteiger partial charge in [0.15, 0.2) is 29.0 Å². The Labute approximate surface area is 223 Å². The molecule has 2 heterocycles. The molecule has 0 aromatic heterocycles. The van der Waals surface area contributed by atoms with Gasteiger partial charge in [-0.25, -0.2) is 13.2 Å². The third-order valence-corrected chi connectivity index (χ3v) is 7.15.